The number of nitrogens with zero attached hydrogens (tertiary/aromatic N) is 2. The van der Waals surface area contributed by atoms with Gasteiger partial charge >= 0.3 is 0 Å². The molecule has 3 heteroatoms. The van der Waals surface area contributed by atoms with E-state index in [1.807, 2.05) is 6.07 Å². The predicted molar refractivity (Wildman–Crippen MR) is 223 cm³/mol. The standard InChI is InChI=1S/C50H42N2O/c1-49(2)29-30-50(3,4)43-31-36(26-28-42(43)49)52-44-18-10-8-15-38(44)39-27-25-37(32-46(39)52)51(35-23-21-34(22-24-35)33-13-6-5-7-14-33)45-19-12-17-41-40-16-9-11-20-47(40)53-48(41)45/h5-28,31-32H,29-30H2,1-4H3. The fourth-order valence-corrected chi connectivity index (χ4v) is 8.86. The second-order valence-electron chi connectivity index (χ2n) is 16.1. The summed E-state index contributed by atoms with van der Waals surface area (Å²) in [6.07, 6.45) is 2.38. The fourth-order valence-electron chi connectivity index (χ4n) is 8.86. The molecule has 0 spiro atoms. The van der Waals surface area contributed by atoms with Crippen molar-refractivity contribution in [2.45, 2.75) is 51.4 Å². The highest BCUT2D eigenvalue weighted by atomic mass is 16.3. The Morgan fingerprint density at radius 3 is 1.94 bits per heavy atom. The zero-order valence-corrected chi connectivity index (χ0v) is 30.7. The summed E-state index contributed by atoms with van der Waals surface area (Å²) < 4.78 is 9.15. The number of furan rings is 1. The maximum Gasteiger partial charge on any atom is 0.159 e. The Morgan fingerprint density at radius 1 is 0.491 bits per heavy atom. The van der Waals surface area contributed by atoms with Gasteiger partial charge in [-0.1, -0.05) is 131 Å². The average molecular weight is 687 g/mol. The number of hydrogen-bond donors (Lipinski definition) is 0. The summed E-state index contributed by atoms with van der Waals surface area (Å²) in [6.45, 7) is 9.62. The number of benzene rings is 7. The molecular formula is C50H42N2O. The number of aromatic nitrogens is 1. The SMILES string of the molecule is CC1(C)CCC(C)(C)c2cc(-n3c4ccccc4c4ccc(N(c5ccc(-c6ccccc6)cc5)c5cccc6c5oc5ccccc56)cc43)ccc21. The minimum atomic E-state index is 0.110. The minimum Gasteiger partial charge on any atom is -0.454 e. The van der Waals surface area contributed by atoms with Crippen molar-refractivity contribution in [3.8, 4) is 16.8 Å². The van der Waals surface area contributed by atoms with Crippen LogP contribution in [0.4, 0.5) is 17.1 Å². The van der Waals surface area contributed by atoms with Gasteiger partial charge in [-0.2, -0.15) is 0 Å². The zero-order chi connectivity index (χ0) is 35.9. The molecule has 2 aromatic heterocycles. The summed E-state index contributed by atoms with van der Waals surface area (Å²) in [5, 5.41) is 4.73. The smallest absolute Gasteiger partial charge is 0.159 e. The van der Waals surface area contributed by atoms with E-state index < -0.39 is 0 Å². The monoisotopic (exact) mass is 686 g/mol. The molecule has 0 radical (unpaired) electrons. The average Bonchev–Trinajstić information content (AvgIpc) is 3.73. The molecule has 1 aliphatic carbocycles. The van der Waals surface area contributed by atoms with Gasteiger partial charge in [-0.25, -0.2) is 0 Å². The van der Waals surface area contributed by atoms with Crippen LogP contribution in [-0.2, 0) is 10.8 Å². The molecule has 0 bridgehead atoms. The van der Waals surface area contributed by atoms with Crippen molar-refractivity contribution in [1.29, 1.82) is 0 Å². The Labute approximate surface area is 310 Å². The van der Waals surface area contributed by atoms with Gasteiger partial charge in [-0.05, 0) is 101 Å². The molecule has 0 amide bonds. The van der Waals surface area contributed by atoms with Crippen LogP contribution in [0, 0.1) is 0 Å². The van der Waals surface area contributed by atoms with Gasteiger partial charge in [-0.3, -0.25) is 0 Å². The molecular weight excluding hydrogens is 645 g/mol. The molecule has 9 aromatic rings. The van der Waals surface area contributed by atoms with Crippen LogP contribution in [0.5, 0.6) is 0 Å². The molecule has 258 valence electrons. The Hall–Kier alpha value is -6.06. The van der Waals surface area contributed by atoms with Gasteiger partial charge in [0, 0.05) is 38.6 Å². The van der Waals surface area contributed by atoms with E-state index in [0.717, 1.165) is 39.0 Å². The molecule has 0 saturated carbocycles. The van der Waals surface area contributed by atoms with Gasteiger partial charge in [-0.15, -0.1) is 0 Å². The van der Waals surface area contributed by atoms with E-state index in [0.29, 0.717) is 0 Å². The number of anilines is 3. The van der Waals surface area contributed by atoms with Gasteiger partial charge in [0.15, 0.2) is 5.58 Å². The first kappa shape index (κ1) is 31.7. The van der Waals surface area contributed by atoms with Gasteiger partial charge in [0.05, 0.1) is 16.7 Å². The van der Waals surface area contributed by atoms with Crippen LogP contribution in [0.1, 0.15) is 51.7 Å². The molecule has 3 nitrogen and oxygen atoms in total. The molecule has 0 aliphatic heterocycles. The summed E-state index contributed by atoms with van der Waals surface area (Å²) in [5.74, 6) is 0. The van der Waals surface area contributed by atoms with E-state index in [1.165, 1.54) is 62.6 Å². The molecule has 7 aromatic carbocycles. The van der Waals surface area contributed by atoms with Crippen LogP contribution in [-0.4, -0.2) is 4.57 Å². The third-order valence-electron chi connectivity index (χ3n) is 11.9. The molecule has 0 N–H and O–H groups in total. The Morgan fingerprint density at radius 2 is 1.13 bits per heavy atom. The number of para-hydroxylation sites is 3. The Balaban J connectivity index is 1.22. The third kappa shape index (κ3) is 5.02. The Kier molecular flexibility index (Phi) is 7.01. The molecule has 0 fully saturated rings. The molecule has 1 aliphatic rings. The lowest BCUT2D eigenvalue weighted by Crippen LogP contribution is -2.33. The van der Waals surface area contributed by atoms with Gasteiger partial charge in [0.1, 0.15) is 5.58 Å². The molecule has 0 unspecified atom stereocenters. The van der Waals surface area contributed by atoms with Crippen molar-refractivity contribution < 1.29 is 4.42 Å². The summed E-state index contributed by atoms with van der Waals surface area (Å²) in [4.78, 5) is 2.36. The lowest BCUT2D eigenvalue weighted by molar-refractivity contribution is 0.332. The summed E-state index contributed by atoms with van der Waals surface area (Å²) >= 11 is 0. The van der Waals surface area contributed by atoms with E-state index in [-0.39, 0.29) is 10.8 Å². The van der Waals surface area contributed by atoms with Crippen LogP contribution in [0.15, 0.2) is 162 Å². The highest BCUT2D eigenvalue weighted by molar-refractivity contribution is 6.12. The highest BCUT2D eigenvalue weighted by Gasteiger charge is 2.37. The minimum absolute atomic E-state index is 0.110. The van der Waals surface area contributed by atoms with E-state index in [9.17, 15) is 0 Å². The molecule has 0 atom stereocenters. The van der Waals surface area contributed by atoms with E-state index >= 15 is 0 Å². The predicted octanol–water partition coefficient (Wildman–Crippen LogP) is 14.2. The summed E-state index contributed by atoms with van der Waals surface area (Å²) in [5.41, 5.74) is 14.1. The summed E-state index contributed by atoms with van der Waals surface area (Å²) in [7, 11) is 0. The van der Waals surface area contributed by atoms with Crippen molar-refractivity contribution in [2.24, 2.45) is 0 Å². The van der Waals surface area contributed by atoms with Crippen molar-refractivity contribution in [3.05, 3.63) is 169 Å². The zero-order valence-electron chi connectivity index (χ0n) is 30.7. The molecule has 53 heavy (non-hydrogen) atoms. The van der Waals surface area contributed by atoms with Crippen LogP contribution in [0.2, 0.25) is 0 Å². The number of hydrogen-bond acceptors (Lipinski definition) is 2. The van der Waals surface area contributed by atoms with E-state index in [2.05, 4.69) is 189 Å². The van der Waals surface area contributed by atoms with Gasteiger partial charge in [0.25, 0.3) is 0 Å². The Bertz CT molecular complexity index is 2830. The van der Waals surface area contributed by atoms with Crippen LogP contribution in [0.3, 0.4) is 0 Å². The molecule has 10 rings (SSSR count). The van der Waals surface area contributed by atoms with Crippen LogP contribution in [0.25, 0.3) is 60.6 Å². The highest BCUT2D eigenvalue weighted by Crippen LogP contribution is 2.48. The number of fused-ring (bicyclic) bond motifs is 7. The molecule has 2 heterocycles. The third-order valence-corrected chi connectivity index (χ3v) is 11.9. The quantitative estimate of drug-likeness (QED) is 0.180. The van der Waals surface area contributed by atoms with E-state index in [1.54, 1.807) is 0 Å². The second-order valence-corrected chi connectivity index (χ2v) is 16.1. The lowest BCUT2D eigenvalue weighted by atomic mass is 9.63. The number of rotatable bonds is 5. The normalized spacial score (nSPS) is 14.9. The largest absolute Gasteiger partial charge is 0.454 e. The first-order chi connectivity index (χ1) is 25.8. The van der Waals surface area contributed by atoms with Crippen molar-refractivity contribution in [2.75, 3.05) is 4.90 Å². The van der Waals surface area contributed by atoms with Gasteiger partial charge in [0.2, 0.25) is 0 Å². The van der Waals surface area contributed by atoms with Crippen LogP contribution >= 0.6 is 0 Å². The van der Waals surface area contributed by atoms with E-state index in [4.69, 9.17) is 4.42 Å². The van der Waals surface area contributed by atoms with Crippen molar-refractivity contribution in [3.63, 3.8) is 0 Å². The van der Waals surface area contributed by atoms with Gasteiger partial charge < -0.3 is 13.9 Å². The van der Waals surface area contributed by atoms with Crippen molar-refractivity contribution in [1.82, 2.24) is 4.57 Å². The second kappa shape index (κ2) is 11.7. The lowest BCUT2D eigenvalue weighted by Gasteiger charge is -2.42. The first-order valence-corrected chi connectivity index (χ1v) is 18.8. The topological polar surface area (TPSA) is 21.3 Å². The first-order valence-electron chi connectivity index (χ1n) is 18.8. The maximum atomic E-state index is 6.67. The summed E-state index contributed by atoms with van der Waals surface area (Å²) in [6, 6.07) is 57.3. The molecule has 0 saturated heterocycles. The maximum absolute atomic E-state index is 6.67. The van der Waals surface area contributed by atoms with Crippen molar-refractivity contribution >= 4 is 60.8 Å². The fraction of sp³-hybridized carbons (Fsp3) is 0.160. The van der Waals surface area contributed by atoms with Crippen LogP contribution < -0.4 is 4.90 Å².